The van der Waals surface area contributed by atoms with Crippen LogP contribution in [0.1, 0.15) is 13.3 Å². The second-order valence-electron chi connectivity index (χ2n) is 4.14. The van der Waals surface area contributed by atoms with Crippen molar-refractivity contribution < 1.29 is 9.47 Å². The summed E-state index contributed by atoms with van der Waals surface area (Å²) in [5.74, 6) is 0.678. The van der Waals surface area contributed by atoms with Gasteiger partial charge in [-0.25, -0.2) is 4.98 Å². The number of fused-ring (bicyclic) bond motifs is 1. The van der Waals surface area contributed by atoms with E-state index in [0.29, 0.717) is 12.5 Å². The highest BCUT2D eigenvalue weighted by atomic mass is 79.9. The number of halogens is 1. The molecule has 0 aliphatic heterocycles. The molecule has 4 heteroatoms. The summed E-state index contributed by atoms with van der Waals surface area (Å²) in [7, 11) is 1.71. The van der Waals surface area contributed by atoms with Gasteiger partial charge in [0.25, 0.3) is 0 Å². The lowest BCUT2D eigenvalue weighted by Gasteiger charge is -2.12. The van der Waals surface area contributed by atoms with Gasteiger partial charge in [0.15, 0.2) is 0 Å². The van der Waals surface area contributed by atoms with E-state index < -0.39 is 0 Å². The summed E-state index contributed by atoms with van der Waals surface area (Å²) in [5, 5.41) is 2.14. The lowest BCUT2D eigenvalue weighted by molar-refractivity contribution is 0.0951. The number of pyridine rings is 1. The molecule has 0 spiro atoms. The van der Waals surface area contributed by atoms with Crippen LogP contribution in [0.4, 0.5) is 0 Å². The van der Waals surface area contributed by atoms with E-state index in [0.717, 1.165) is 21.7 Å². The maximum atomic E-state index is 5.73. The van der Waals surface area contributed by atoms with Gasteiger partial charge in [-0.2, -0.15) is 0 Å². The molecule has 1 unspecified atom stereocenters. The summed E-state index contributed by atoms with van der Waals surface area (Å²) in [4.78, 5) is 4.32. The van der Waals surface area contributed by atoms with E-state index in [4.69, 9.17) is 9.47 Å². The normalized spacial score (nSPS) is 12.6. The van der Waals surface area contributed by atoms with Crippen LogP contribution in [0.25, 0.3) is 10.8 Å². The van der Waals surface area contributed by atoms with Gasteiger partial charge in [0.1, 0.15) is 0 Å². The predicted molar refractivity (Wildman–Crippen MR) is 76.0 cm³/mol. The highest BCUT2D eigenvalue weighted by Crippen LogP contribution is 2.29. The fourth-order valence-corrected chi connectivity index (χ4v) is 2.13. The molecule has 0 saturated carbocycles. The first kappa shape index (κ1) is 13.3. The number of rotatable bonds is 5. The SMILES string of the molecule is COC(C)CCOc1ncc(Br)c2ccccc12. The number of benzene rings is 1. The second kappa shape index (κ2) is 6.16. The quantitative estimate of drug-likeness (QED) is 0.842. The van der Waals surface area contributed by atoms with Gasteiger partial charge in [0, 0.05) is 35.0 Å². The molecular formula is C14H16BrNO2. The summed E-state index contributed by atoms with van der Waals surface area (Å²) in [6, 6.07) is 8.05. The van der Waals surface area contributed by atoms with Gasteiger partial charge in [-0.1, -0.05) is 18.2 Å². The Balaban J connectivity index is 2.16. The van der Waals surface area contributed by atoms with E-state index >= 15 is 0 Å². The van der Waals surface area contributed by atoms with Crippen molar-refractivity contribution >= 4 is 26.7 Å². The Kier molecular flexibility index (Phi) is 4.55. The molecule has 3 nitrogen and oxygen atoms in total. The van der Waals surface area contributed by atoms with E-state index in [-0.39, 0.29) is 6.10 Å². The maximum Gasteiger partial charge on any atom is 0.221 e. The molecule has 2 rings (SSSR count). The zero-order valence-corrected chi connectivity index (χ0v) is 12.1. The van der Waals surface area contributed by atoms with E-state index in [2.05, 4.69) is 20.9 Å². The Bertz CT molecular complexity index is 530. The van der Waals surface area contributed by atoms with E-state index in [1.807, 2.05) is 31.2 Å². The van der Waals surface area contributed by atoms with E-state index in [9.17, 15) is 0 Å². The van der Waals surface area contributed by atoms with Crippen LogP contribution in [-0.2, 0) is 4.74 Å². The minimum atomic E-state index is 0.201. The third kappa shape index (κ3) is 3.00. The second-order valence-corrected chi connectivity index (χ2v) is 4.99. The smallest absolute Gasteiger partial charge is 0.221 e. The maximum absolute atomic E-state index is 5.73. The Morgan fingerprint density at radius 1 is 1.28 bits per heavy atom. The lowest BCUT2D eigenvalue weighted by Crippen LogP contribution is -2.11. The monoisotopic (exact) mass is 309 g/mol. The van der Waals surface area contributed by atoms with Gasteiger partial charge < -0.3 is 9.47 Å². The van der Waals surface area contributed by atoms with Crippen molar-refractivity contribution in [2.24, 2.45) is 0 Å². The highest BCUT2D eigenvalue weighted by molar-refractivity contribution is 9.10. The molecule has 0 saturated heterocycles. The number of aromatic nitrogens is 1. The first-order chi connectivity index (χ1) is 8.72. The Hall–Kier alpha value is -1.13. The molecule has 0 N–H and O–H groups in total. The van der Waals surface area contributed by atoms with Crippen LogP contribution in [0.5, 0.6) is 5.88 Å². The molecule has 1 aromatic heterocycles. The van der Waals surface area contributed by atoms with Crippen molar-refractivity contribution in [3.05, 3.63) is 34.9 Å². The van der Waals surface area contributed by atoms with Gasteiger partial charge in [0.2, 0.25) is 5.88 Å². The fraction of sp³-hybridized carbons (Fsp3) is 0.357. The number of ether oxygens (including phenoxy) is 2. The predicted octanol–water partition coefficient (Wildman–Crippen LogP) is 3.80. The van der Waals surface area contributed by atoms with Gasteiger partial charge in [-0.05, 0) is 28.9 Å². The summed E-state index contributed by atoms with van der Waals surface area (Å²) in [5.41, 5.74) is 0. The number of nitrogens with zero attached hydrogens (tertiary/aromatic N) is 1. The van der Waals surface area contributed by atoms with Crippen molar-refractivity contribution in [1.82, 2.24) is 4.98 Å². The molecular weight excluding hydrogens is 294 g/mol. The Morgan fingerprint density at radius 3 is 2.72 bits per heavy atom. The molecule has 0 aliphatic carbocycles. The van der Waals surface area contributed by atoms with E-state index in [1.165, 1.54) is 0 Å². The molecule has 2 aromatic rings. The average molecular weight is 310 g/mol. The summed E-state index contributed by atoms with van der Waals surface area (Å²) in [6.45, 7) is 2.63. The highest BCUT2D eigenvalue weighted by Gasteiger charge is 2.07. The molecule has 18 heavy (non-hydrogen) atoms. The summed E-state index contributed by atoms with van der Waals surface area (Å²) >= 11 is 3.50. The minimum absolute atomic E-state index is 0.201. The molecule has 0 radical (unpaired) electrons. The van der Waals surface area contributed by atoms with Crippen LogP contribution in [-0.4, -0.2) is 24.8 Å². The molecule has 1 aromatic carbocycles. The number of hydrogen-bond donors (Lipinski definition) is 0. The third-order valence-electron chi connectivity index (χ3n) is 2.88. The average Bonchev–Trinajstić information content (AvgIpc) is 2.41. The zero-order chi connectivity index (χ0) is 13.0. The third-order valence-corrected chi connectivity index (χ3v) is 3.51. The fourth-order valence-electron chi connectivity index (χ4n) is 1.69. The lowest BCUT2D eigenvalue weighted by atomic mass is 10.2. The zero-order valence-electron chi connectivity index (χ0n) is 10.5. The molecule has 96 valence electrons. The number of hydrogen-bond acceptors (Lipinski definition) is 3. The van der Waals surface area contributed by atoms with E-state index in [1.54, 1.807) is 13.3 Å². The first-order valence-corrected chi connectivity index (χ1v) is 6.70. The van der Waals surface area contributed by atoms with Crippen LogP contribution in [0.3, 0.4) is 0 Å². The molecule has 0 bridgehead atoms. The van der Waals surface area contributed by atoms with Gasteiger partial charge in [-0.15, -0.1) is 0 Å². The topological polar surface area (TPSA) is 31.4 Å². The molecule has 1 heterocycles. The Labute approximate surface area is 115 Å². The van der Waals surface area contributed by atoms with Crippen molar-refractivity contribution in [3.8, 4) is 5.88 Å². The first-order valence-electron chi connectivity index (χ1n) is 5.91. The largest absolute Gasteiger partial charge is 0.477 e. The van der Waals surface area contributed by atoms with Crippen molar-refractivity contribution in [3.63, 3.8) is 0 Å². The van der Waals surface area contributed by atoms with Crippen LogP contribution in [0.15, 0.2) is 34.9 Å². The van der Waals surface area contributed by atoms with Gasteiger partial charge in [0.05, 0.1) is 12.7 Å². The van der Waals surface area contributed by atoms with Crippen LogP contribution < -0.4 is 4.74 Å². The minimum Gasteiger partial charge on any atom is -0.477 e. The Morgan fingerprint density at radius 2 is 2.00 bits per heavy atom. The standard InChI is InChI=1S/C14H16BrNO2/c1-10(17-2)7-8-18-14-12-6-4-3-5-11(12)13(15)9-16-14/h3-6,9-10H,7-8H2,1-2H3. The van der Waals surface area contributed by atoms with Gasteiger partial charge >= 0.3 is 0 Å². The van der Waals surface area contributed by atoms with Crippen molar-refractivity contribution in [2.45, 2.75) is 19.4 Å². The summed E-state index contributed by atoms with van der Waals surface area (Å²) < 4.78 is 11.9. The van der Waals surface area contributed by atoms with Crippen molar-refractivity contribution in [1.29, 1.82) is 0 Å². The van der Waals surface area contributed by atoms with Crippen molar-refractivity contribution in [2.75, 3.05) is 13.7 Å². The summed E-state index contributed by atoms with van der Waals surface area (Å²) in [6.07, 6.45) is 2.83. The number of methoxy groups -OCH3 is 1. The molecule has 0 aliphatic rings. The molecule has 1 atom stereocenters. The molecule has 0 amide bonds. The molecule has 0 fully saturated rings. The van der Waals surface area contributed by atoms with Crippen LogP contribution in [0.2, 0.25) is 0 Å². The van der Waals surface area contributed by atoms with Gasteiger partial charge in [-0.3, -0.25) is 0 Å². The van der Waals surface area contributed by atoms with Crippen LogP contribution >= 0.6 is 15.9 Å². The van der Waals surface area contributed by atoms with Crippen LogP contribution in [0, 0.1) is 0 Å².